The van der Waals surface area contributed by atoms with Crippen LogP contribution < -0.4 is 0 Å². The van der Waals surface area contributed by atoms with Crippen molar-refractivity contribution in [1.82, 2.24) is 0 Å². The van der Waals surface area contributed by atoms with Crippen molar-refractivity contribution in [3.63, 3.8) is 0 Å². The minimum atomic E-state index is 0.0496. The Kier molecular flexibility index (Phi) is 67.1. The second-order valence-electron chi connectivity index (χ2n) is 11.1. The summed E-state index contributed by atoms with van der Waals surface area (Å²) in [7, 11) is 30.2. The van der Waals surface area contributed by atoms with Gasteiger partial charge in [-0.2, -0.15) is 0 Å². The molecule has 1 atom stereocenters. The van der Waals surface area contributed by atoms with E-state index in [-0.39, 0.29) is 56.4 Å². The summed E-state index contributed by atoms with van der Waals surface area (Å²) in [5.41, 5.74) is 0. The second-order valence-corrected chi connectivity index (χ2v) is 11.1. The minimum absolute atomic E-state index is 0.0496. The molecule has 0 aliphatic heterocycles. The molecule has 0 unspecified atom stereocenters. The molecule has 0 aromatic rings. The molecule has 0 aromatic carbocycles. The van der Waals surface area contributed by atoms with E-state index < -0.39 is 0 Å². The third-order valence-electron chi connectivity index (χ3n) is 6.11. The summed E-state index contributed by atoms with van der Waals surface area (Å²) in [6.45, 7) is 11.6. The van der Waals surface area contributed by atoms with E-state index in [1.807, 2.05) is 6.92 Å². The maximum Gasteiger partial charge on any atom is 0.104 e. The molecule has 0 saturated carbocycles. The van der Waals surface area contributed by atoms with Crippen molar-refractivity contribution in [3.8, 4) is 0 Å². The van der Waals surface area contributed by atoms with E-state index in [4.69, 9.17) is 95.3 Å². The van der Waals surface area contributed by atoms with Crippen molar-refractivity contribution in [2.45, 2.75) is 6.92 Å². The first-order valence-electron chi connectivity index (χ1n) is 17.3. The predicted molar refractivity (Wildman–Crippen MR) is 205 cm³/mol. The molecule has 6 radical (unpaired) electrons. The van der Waals surface area contributed by atoms with E-state index in [9.17, 15) is 0 Å². The Balaban J connectivity index is -0.000000177. The molecular weight excluding hydrogens is 681 g/mol. The topological polar surface area (TPSA) is 160 Å². The Morgan fingerprint density at radius 3 is 0.712 bits per heavy atom. The highest BCUT2D eigenvalue weighted by atomic mass is 16.5. The zero-order valence-electron chi connectivity index (χ0n) is 34.3. The van der Waals surface area contributed by atoms with Gasteiger partial charge in [0.2, 0.25) is 0 Å². The van der Waals surface area contributed by atoms with Gasteiger partial charge in [-0.3, -0.25) is 0 Å². The van der Waals surface area contributed by atoms with E-state index in [0.29, 0.717) is 85.2 Å². The molecule has 0 saturated heterocycles. The molecule has 0 aliphatic rings. The average Bonchev–Trinajstić information content (AvgIpc) is 3.15. The van der Waals surface area contributed by atoms with Crippen molar-refractivity contribution >= 4 is 23.5 Å². The third-order valence-corrected chi connectivity index (χ3v) is 6.11. The van der Waals surface area contributed by atoms with Gasteiger partial charge in [-0.15, -0.1) is 0 Å². The van der Waals surface area contributed by atoms with Crippen LogP contribution in [0.5, 0.6) is 0 Å². The Morgan fingerprint density at radius 1 is 0.327 bits per heavy atom. The van der Waals surface area contributed by atoms with Crippen LogP contribution in [0.4, 0.5) is 0 Å². The van der Waals surface area contributed by atoms with Crippen LogP contribution in [0.3, 0.4) is 0 Å². The fourth-order valence-corrected chi connectivity index (χ4v) is 3.85. The highest BCUT2D eigenvalue weighted by Crippen LogP contribution is 2.00. The number of hydrogen-bond acceptors (Lipinski definition) is 15. The fraction of sp³-hybridized carbons (Fsp3) is 1.00. The Morgan fingerprint density at radius 2 is 0.519 bits per heavy atom. The average molecular weight is 756 g/mol. The lowest BCUT2D eigenvalue weighted by atomic mass is 10.2. The lowest BCUT2D eigenvalue weighted by molar-refractivity contribution is 0.0229. The molecule has 52 heavy (non-hydrogen) atoms. The summed E-state index contributed by atoms with van der Waals surface area (Å²) in [4.78, 5) is 0. The van der Waals surface area contributed by atoms with Crippen molar-refractivity contribution in [1.29, 1.82) is 0 Å². The van der Waals surface area contributed by atoms with Crippen molar-refractivity contribution in [2.75, 3.05) is 189 Å². The van der Waals surface area contributed by atoms with E-state index in [1.54, 1.807) is 64.0 Å². The number of hydrogen-bond donors (Lipinski definition) is 2. The van der Waals surface area contributed by atoms with Crippen LogP contribution in [0, 0.1) is 29.6 Å². The largest absolute Gasteiger partial charge is 0.396 e. The highest BCUT2D eigenvalue weighted by Gasteiger charge is 2.09. The first kappa shape index (κ1) is 60.8. The first-order chi connectivity index (χ1) is 25.2. The molecule has 0 bridgehead atoms. The molecule has 0 heterocycles. The molecule has 310 valence electrons. The lowest BCUT2D eigenvalue weighted by Crippen LogP contribution is -2.20. The summed E-state index contributed by atoms with van der Waals surface area (Å²) in [6.07, 6.45) is 0. The predicted octanol–water partition coefficient (Wildman–Crippen LogP) is 0.280. The molecule has 15 nitrogen and oxygen atoms in total. The van der Waals surface area contributed by atoms with Gasteiger partial charge in [0, 0.05) is 120 Å². The molecule has 0 fully saturated rings. The molecule has 18 heteroatoms. The van der Waals surface area contributed by atoms with Crippen LogP contribution in [-0.2, 0) is 61.6 Å². The van der Waals surface area contributed by atoms with Gasteiger partial charge in [0.1, 0.15) is 23.5 Å². The Labute approximate surface area is 320 Å². The normalized spacial score (nSPS) is 11.3. The summed E-state index contributed by atoms with van der Waals surface area (Å²) < 4.78 is 64.4. The van der Waals surface area contributed by atoms with Crippen molar-refractivity contribution in [3.05, 3.63) is 0 Å². The number of aliphatic hydroxyl groups is 2. The van der Waals surface area contributed by atoms with Crippen LogP contribution in [0.25, 0.3) is 0 Å². The van der Waals surface area contributed by atoms with E-state index in [0.717, 1.165) is 13.2 Å². The van der Waals surface area contributed by atoms with E-state index >= 15 is 0 Å². The molecule has 0 aliphatic carbocycles. The Hall–Kier alpha value is -0.405. The summed E-state index contributed by atoms with van der Waals surface area (Å²) >= 11 is 0. The molecular formula is C34H75B3O15. The minimum Gasteiger partial charge on any atom is -0.396 e. The van der Waals surface area contributed by atoms with Gasteiger partial charge >= 0.3 is 0 Å². The van der Waals surface area contributed by atoms with Crippen molar-refractivity contribution < 1.29 is 71.8 Å². The number of methoxy groups -OCH3 is 9. The molecule has 2 N–H and O–H groups in total. The smallest absolute Gasteiger partial charge is 0.104 e. The SMILES string of the molecule is CCOCC(COC)COC.COCC(CO)COC.[B]COCC(COC)COC.[B]COCC(COC)COC.[B]COC[C@H](CO)COC. The number of aliphatic hydroxyl groups excluding tert-OH is 2. The molecule has 0 rings (SSSR count). The van der Waals surface area contributed by atoms with Crippen LogP contribution in [0.15, 0.2) is 0 Å². The first-order valence-corrected chi connectivity index (χ1v) is 17.3. The molecule has 0 spiro atoms. The van der Waals surface area contributed by atoms with E-state index in [2.05, 4.69) is 0 Å². The van der Waals surface area contributed by atoms with Gasteiger partial charge < -0.3 is 71.8 Å². The van der Waals surface area contributed by atoms with Crippen LogP contribution in [0.2, 0.25) is 0 Å². The standard InChI is InChI=1S/C8H18O3.2C7H15BO3.C6H13BO3.C6H14O3/c1-4-11-7-8(5-9-2)6-10-3;2*1-9-3-7(4-10-2)5-11-6-8;1-9-3-6(2-8)4-10-5-7;1-8-4-6(3-7)5-9-2/h8H,4-7H2,1-3H3;2*7H,3-6H2,1-2H3;6,8H,2-5H2,1H3;6-7H,3-5H2,1-2H3/t;;;6-;/m...1./s1. The van der Waals surface area contributed by atoms with Crippen LogP contribution in [-0.4, -0.2) is 223 Å². The zero-order chi connectivity index (χ0) is 40.5. The third kappa shape index (κ3) is 53.9. The molecule has 0 aromatic heterocycles. The number of ether oxygens (including phenoxy) is 13. The van der Waals surface area contributed by atoms with Crippen LogP contribution >= 0.6 is 0 Å². The summed E-state index contributed by atoms with van der Waals surface area (Å²) in [6, 6.07) is 0. The quantitative estimate of drug-likeness (QED) is 0.0901. The fourth-order valence-electron chi connectivity index (χ4n) is 3.85. The summed E-state index contributed by atoms with van der Waals surface area (Å²) in [5.74, 6) is 1.11. The highest BCUT2D eigenvalue weighted by molar-refractivity contribution is 6.08. The Bertz CT molecular complexity index is 511. The van der Waals surface area contributed by atoms with E-state index in [1.165, 1.54) is 0 Å². The van der Waals surface area contributed by atoms with Gasteiger partial charge in [0.25, 0.3) is 0 Å². The maximum atomic E-state index is 8.68. The van der Waals surface area contributed by atoms with Gasteiger partial charge in [-0.1, -0.05) is 0 Å². The monoisotopic (exact) mass is 757 g/mol. The maximum absolute atomic E-state index is 8.68. The number of rotatable bonds is 32. The summed E-state index contributed by atoms with van der Waals surface area (Å²) in [5, 5.41) is 17.3. The van der Waals surface area contributed by atoms with Crippen LogP contribution in [0.1, 0.15) is 6.92 Å². The van der Waals surface area contributed by atoms with Gasteiger partial charge in [0.15, 0.2) is 0 Å². The van der Waals surface area contributed by atoms with Gasteiger partial charge in [0.05, 0.1) is 99.1 Å². The second kappa shape index (κ2) is 57.3. The van der Waals surface area contributed by atoms with Gasteiger partial charge in [-0.25, -0.2) is 0 Å². The molecule has 0 amide bonds. The lowest BCUT2D eigenvalue weighted by Gasteiger charge is -2.14. The zero-order valence-corrected chi connectivity index (χ0v) is 34.3. The van der Waals surface area contributed by atoms with Crippen molar-refractivity contribution in [2.24, 2.45) is 29.6 Å². The van der Waals surface area contributed by atoms with Gasteiger partial charge in [-0.05, 0) is 6.92 Å².